The van der Waals surface area contributed by atoms with Crippen molar-refractivity contribution in [2.24, 2.45) is 0 Å². The zero-order valence-corrected chi connectivity index (χ0v) is 14.2. The molecule has 6 nitrogen and oxygen atoms in total. The van der Waals surface area contributed by atoms with Crippen LogP contribution in [0.15, 0.2) is 24.4 Å². The van der Waals surface area contributed by atoms with Gasteiger partial charge in [-0.05, 0) is 38.7 Å². The van der Waals surface area contributed by atoms with Crippen LogP contribution >= 0.6 is 0 Å². The standard InChI is InChI=1S/C18H24N4O2/c1-13-8-14(2)10-15(9-13)4-5-17(23)22-7-3-6-18(24,12-22)16-11-19-21-20-16/h8-11,24H,3-7,12H2,1-2H3,(H,19,20,21). The fourth-order valence-electron chi connectivity index (χ4n) is 3.51. The monoisotopic (exact) mass is 328 g/mol. The number of aromatic nitrogens is 3. The molecule has 1 saturated heterocycles. The van der Waals surface area contributed by atoms with Crippen LogP contribution in [0, 0.1) is 13.8 Å². The third-order valence-electron chi connectivity index (χ3n) is 4.62. The lowest BCUT2D eigenvalue weighted by Crippen LogP contribution is -2.48. The zero-order chi connectivity index (χ0) is 17.2. The number of piperidine rings is 1. The molecule has 128 valence electrons. The smallest absolute Gasteiger partial charge is 0.223 e. The fourth-order valence-corrected chi connectivity index (χ4v) is 3.51. The molecule has 2 aromatic rings. The minimum atomic E-state index is -1.10. The van der Waals surface area contributed by atoms with E-state index in [0.29, 0.717) is 25.1 Å². The van der Waals surface area contributed by atoms with E-state index in [1.807, 2.05) is 0 Å². The number of β-amino-alcohol motifs (C(OH)–C–C–N with tert-alkyl or cyclic N) is 1. The number of aromatic amines is 1. The first-order valence-electron chi connectivity index (χ1n) is 8.40. The lowest BCUT2D eigenvalue weighted by molar-refractivity contribution is -0.139. The number of nitrogens with zero attached hydrogens (tertiary/aromatic N) is 3. The number of carbonyl (C=O) groups is 1. The van der Waals surface area contributed by atoms with Gasteiger partial charge in [0, 0.05) is 13.0 Å². The first-order valence-corrected chi connectivity index (χ1v) is 8.40. The van der Waals surface area contributed by atoms with Crippen LogP contribution < -0.4 is 0 Å². The minimum absolute atomic E-state index is 0.0794. The maximum absolute atomic E-state index is 12.6. The van der Waals surface area contributed by atoms with Gasteiger partial charge in [0.1, 0.15) is 11.3 Å². The average Bonchev–Trinajstić information content (AvgIpc) is 3.07. The summed E-state index contributed by atoms with van der Waals surface area (Å²) in [5.74, 6) is 0.0794. The molecule has 24 heavy (non-hydrogen) atoms. The van der Waals surface area contributed by atoms with Gasteiger partial charge in [0.05, 0.1) is 12.7 Å². The van der Waals surface area contributed by atoms with Crippen molar-refractivity contribution < 1.29 is 9.90 Å². The molecule has 1 aliphatic rings. The highest BCUT2D eigenvalue weighted by Gasteiger charge is 2.38. The lowest BCUT2D eigenvalue weighted by Gasteiger charge is -2.38. The summed E-state index contributed by atoms with van der Waals surface area (Å²) >= 11 is 0. The van der Waals surface area contributed by atoms with E-state index in [1.165, 1.54) is 22.9 Å². The quantitative estimate of drug-likeness (QED) is 0.897. The Labute approximate surface area is 141 Å². The molecule has 1 unspecified atom stereocenters. The van der Waals surface area contributed by atoms with Gasteiger partial charge in [-0.3, -0.25) is 4.79 Å². The maximum atomic E-state index is 12.6. The third-order valence-corrected chi connectivity index (χ3v) is 4.62. The number of hydrogen-bond donors (Lipinski definition) is 2. The van der Waals surface area contributed by atoms with Gasteiger partial charge in [-0.15, -0.1) is 0 Å². The van der Waals surface area contributed by atoms with Crippen molar-refractivity contribution in [3.05, 3.63) is 46.8 Å². The van der Waals surface area contributed by atoms with Gasteiger partial charge < -0.3 is 10.0 Å². The normalized spacial score (nSPS) is 21.0. The van der Waals surface area contributed by atoms with E-state index in [1.54, 1.807) is 4.90 Å². The molecule has 3 rings (SSSR count). The first-order chi connectivity index (χ1) is 11.5. The summed E-state index contributed by atoms with van der Waals surface area (Å²) in [7, 11) is 0. The number of nitrogens with one attached hydrogen (secondary N) is 1. The molecular formula is C18H24N4O2. The number of benzene rings is 1. The maximum Gasteiger partial charge on any atom is 0.223 e. The Hall–Kier alpha value is -2.21. The number of aliphatic hydroxyl groups is 1. The van der Waals surface area contributed by atoms with Crippen molar-refractivity contribution in [1.29, 1.82) is 0 Å². The van der Waals surface area contributed by atoms with Crippen LogP contribution in [0.25, 0.3) is 0 Å². The Morgan fingerprint density at radius 2 is 2.08 bits per heavy atom. The summed E-state index contributed by atoms with van der Waals surface area (Å²) in [5, 5.41) is 21.1. The van der Waals surface area contributed by atoms with Gasteiger partial charge in [0.25, 0.3) is 0 Å². The molecule has 1 aromatic carbocycles. The van der Waals surface area contributed by atoms with E-state index in [2.05, 4.69) is 47.5 Å². The number of carbonyl (C=O) groups excluding carboxylic acids is 1. The molecule has 6 heteroatoms. The van der Waals surface area contributed by atoms with Crippen LogP contribution in [0.3, 0.4) is 0 Å². The largest absolute Gasteiger partial charge is 0.382 e. The van der Waals surface area contributed by atoms with Crippen molar-refractivity contribution in [3.63, 3.8) is 0 Å². The van der Waals surface area contributed by atoms with Crippen molar-refractivity contribution in [2.75, 3.05) is 13.1 Å². The number of amides is 1. The van der Waals surface area contributed by atoms with Gasteiger partial charge in [-0.25, -0.2) is 0 Å². The topological polar surface area (TPSA) is 82.1 Å². The molecule has 2 N–H and O–H groups in total. The highest BCUT2D eigenvalue weighted by atomic mass is 16.3. The molecule has 1 fully saturated rings. The van der Waals surface area contributed by atoms with Crippen LogP contribution in [0.1, 0.15) is 41.6 Å². The Bertz CT molecular complexity index is 694. The molecule has 1 aliphatic heterocycles. The number of likely N-dealkylation sites (tertiary alicyclic amines) is 1. The molecule has 0 spiro atoms. The summed E-state index contributed by atoms with van der Waals surface area (Å²) in [6.07, 6.45) is 4.07. The van der Waals surface area contributed by atoms with Crippen LogP contribution in [-0.4, -0.2) is 44.4 Å². The van der Waals surface area contributed by atoms with Crippen molar-refractivity contribution in [1.82, 2.24) is 20.3 Å². The van der Waals surface area contributed by atoms with Crippen molar-refractivity contribution in [3.8, 4) is 0 Å². The van der Waals surface area contributed by atoms with Crippen LogP contribution in [0.4, 0.5) is 0 Å². The molecule has 1 aromatic heterocycles. The Kier molecular flexibility index (Phi) is 4.66. The zero-order valence-electron chi connectivity index (χ0n) is 14.2. The molecule has 1 atom stereocenters. The summed E-state index contributed by atoms with van der Waals surface area (Å²) in [6.45, 7) is 5.11. The predicted molar refractivity (Wildman–Crippen MR) is 90.3 cm³/mol. The Morgan fingerprint density at radius 3 is 2.75 bits per heavy atom. The van der Waals surface area contributed by atoms with Crippen LogP contribution in [0.2, 0.25) is 0 Å². The molecule has 1 amide bonds. The molecule has 2 heterocycles. The number of aryl methyl sites for hydroxylation is 3. The van der Waals surface area contributed by atoms with Crippen LogP contribution in [0.5, 0.6) is 0 Å². The van der Waals surface area contributed by atoms with Gasteiger partial charge in [-0.1, -0.05) is 29.3 Å². The Morgan fingerprint density at radius 1 is 1.33 bits per heavy atom. The SMILES string of the molecule is Cc1cc(C)cc(CCC(=O)N2CCCC(O)(c3cn[nH]n3)C2)c1. The van der Waals surface area contributed by atoms with Gasteiger partial charge >= 0.3 is 0 Å². The van der Waals surface area contributed by atoms with E-state index < -0.39 is 5.60 Å². The Balaban J connectivity index is 1.62. The fraction of sp³-hybridized carbons (Fsp3) is 0.500. The molecule has 0 saturated carbocycles. The average molecular weight is 328 g/mol. The number of rotatable bonds is 4. The minimum Gasteiger partial charge on any atom is -0.382 e. The summed E-state index contributed by atoms with van der Waals surface area (Å²) in [5.41, 5.74) is 3.03. The van der Waals surface area contributed by atoms with Crippen molar-refractivity contribution in [2.45, 2.75) is 45.1 Å². The van der Waals surface area contributed by atoms with E-state index in [0.717, 1.165) is 12.8 Å². The first kappa shape index (κ1) is 16.6. The second-order valence-corrected chi connectivity index (χ2v) is 6.80. The molecule has 0 aliphatic carbocycles. The predicted octanol–water partition coefficient (Wildman–Crippen LogP) is 1.86. The second kappa shape index (κ2) is 6.73. The molecular weight excluding hydrogens is 304 g/mol. The summed E-state index contributed by atoms with van der Waals surface area (Å²) < 4.78 is 0. The van der Waals surface area contributed by atoms with Gasteiger partial charge in [-0.2, -0.15) is 15.4 Å². The van der Waals surface area contributed by atoms with E-state index in [4.69, 9.17) is 0 Å². The lowest BCUT2D eigenvalue weighted by atomic mass is 9.89. The summed E-state index contributed by atoms with van der Waals surface area (Å²) in [6, 6.07) is 6.39. The van der Waals surface area contributed by atoms with E-state index >= 15 is 0 Å². The van der Waals surface area contributed by atoms with Crippen molar-refractivity contribution >= 4 is 5.91 Å². The summed E-state index contributed by atoms with van der Waals surface area (Å²) in [4.78, 5) is 14.3. The molecule has 0 bridgehead atoms. The highest BCUT2D eigenvalue weighted by Crippen LogP contribution is 2.30. The van der Waals surface area contributed by atoms with Crippen LogP contribution in [-0.2, 0) is 16.8 Å². The molecule has 0 radical (unpaired) electrons. The van der Waals surface area contributed by atoms with E-state index in [-0.39, 0.29) is 12.5 Å². The van der Waals surface area contributed by atoms with Gasteiger partial charge in [0.15, 0.2) is 0 Å². The van der Waals surface area contributed by atoms with Gasteiger partial charge in [0.2, 0.25) is 5.91 Å². The number of hydrogen-bond acceptors (Lipinski definition) is 4. The third kappa shape index (κ3) is 3.64. The number of H-pyrrole nitrogens is 1. The highest BCUT2D eigenvalue weighted by molar-refractivity contribution is 5.76. The second-order valence-electron chi connectivity index (χ2n) is 6.80. The van der Waals surface area contributed by atoms with E-state index in [9.17, 15) is 9.90 Å².